The topological polar surface area (TPSA) is 70.6 Å². The Labute approximate surface area is 204 Å². The Morgan fingerprint density at radius 2 is 2.00 bits per heavy atom. The summed E-state index contributed by atoms with van der Waals surface area (Å²) in [5.41, 5.74) is 2.41. The van der Waals surface area contributed by atoms with Crippen molar-refractivity contribution in [2.75, 3.05) is 50.8 Å². The van der Waals surface area contributed by atoms with Crippen molar-refractivity contribution in [2.45, 2.75) is 43.8 Å². The van der Waals surface area contributed by atoms with Gasteiger partial charge >= 0.3 is 0 Å². The predicted molar refractivity (Wildman–Crippen MR) is 129 cm³/mol. The first kappa shape index (κ1) is 23.5. The highest BCUT2D eigenvalue weighted by Crippen LogP contribution is 2.44. The van der Waals surface area contributed by atoms with E-state index >= 15 is 0 Å². The predicted octanol–water partition coefficient (Wildman–Crippen LogP) is 3.46. The number of carbonyl (C=O) groups excluding carboxylic acids is 1. The number of anilines is 1. The van der Waals surface area contributed by atoms with E-state index in [0.29, 0.717) is 56.5 Å². The Balaban J connectivity index is 1.28. The average Bonchev–Trinajstić information content (AvgIpc) is 3.48. The molecule has 7 nitrogen and oxygen atoms in total. The molecule has 1 aromatic heterocycles. The summed E-state index contributed by atoms with van der Waals surface area (Å²) in [6.07, 6.45) is 1.86. The third-order valence-electron chi connectivity index (χ3n) is 7.25. The van der Waals surface area contributed by atoms with E-state index in [1.54, 1.807) is 0 Å². The number of aromatic nitrogens is 2. The fourth-order valence-corrected chi connectivity index (χ4v) is 5.42. The van der Waals surface area contributed by atoms with Gasteiger partial charge in [-0.1, -0.05) is 30.7 Å². The number of piperazine rings is 1. The lowest BCUT2D eigenvalue weighted by molar-refractivity contribution is -0.133. The highest BCUT2D eigenvalue weighted by Gasteiger charge is 2.36. The van der Waals surface area contributed by atoms with Crippen molar-refractivity contribution >= 4 is 23.3 Å². The van der Waals surface area contributed by atoms with Gasteiger partial charge in [-0.3, -0.25) is 4.79 Å². The van der Waals surface area contributed by atoms with E-state index in [0.717, 1.165) is 30.0 Å². The van der Waals surface area contributed by atoms with Gasteiger partial charge in [0.1, 0.15) is 18.3 Å². The molecule has 2 saturated heterocycles. The van der Waals surface area contributed by atoms with Crippen LogP contribution in [-0.4, -0.2) is 72.8 Å². The molecule has 34 heavy (non-hydrogen) atoms. The summed E-state index contributed by atoms with van der Waals surface area (Å²) in [4.78, 5) is 26.5. The van der Waals surface area contributed by atoms with Crippen LogP contribution in [0.4, 0.5) is 10.2 Å². The van der Waals surface area contributed by atoms with Crippen LogP contribution in [0.1, 0.15) is 54.6 Å². The summed E-state index contributed by atoms with van der Waals surface area (Å²) < 4.78 is 19.8. The summed E-state index contributed by atoms with van der Waals surface area (Å²) in [6.45, 7) is 6.55. The van der Waals surface area contributed by atoms with Crippen LogP contribution in [0.5, 0.6) is 0 Å². The summed E-state index contributed by atoms with van der Waals surface area (Å²) in [7, 11) is 0. The second-order valence-electron chi connectivity index (χ2n) is 9.49. The number of rotatable bonds is 6. The van der Waals surface area contributed by atoms with E-state index in [2.05, 4.69) is 20.2 Å². The molecule has 1 amide bonds. The third-order valence-corrected chi connectivity index (χ3v) is 7.50. The molecule has 3 heterocycles. The van der Waals surface area contributed by atoms with E-state index in [9.17, 15) is 9.18 Å². The molecule has 2 aliphatic heterocycles. The molecule has 1 aliphatic carbocycles. The first-order chi connectivity index (χ1) is 16.5. The molecule has 182 valence electrons. The van der Waals surface area contributed by atoms with E-state index in [4.69, 9.17) is 16.3 Å². The smallest absolute Gasteiger partial charge is 0.231 e. The molecule has 2 fully saturated rings. The van der Waals surface area contributed by atoms with Gasteiger partial charge in [0, 0.05) is 56.0 Å². The minimum Gasteiger partial charge on any atom is -0.380 e. The molecule has 0 spiro atoms. The maximum atomic E-state index is 14.4. The standard InChI is InChI=1S/C25H31ClFN5O2/c1-16-12-21(27)23-22(16)24(30-15-29-23)31-7-9-32(10-8-31)25(33)20(13-28-19-6-11-34-14-19)17-2-4-18(26)5-3-17/h2-5,15-16,19-21,28H,6-14H2,1H3/t16-,19?,20?,21+/m1/s1. The van der Waals surface area contributed by atoms with Crippen molar-refractivity contribution in [3.05, 3.63) is 52.4 Å². The molecule has 1 aromatic carbocycles. The number of hydrogen-bond donors (Lipinski definition) is 1. The number of benzene rings is 1. The number of carbonyl (C=O) groups is 1. The van der Waals surface area contributed by atoms with Gasteiger partial charge in [-0.2, -0.15) is 0 Å². The molecule has 2 unspecified atom stereocenters. The molecule has 4 atom stereocenters. The zero-order valence-electron chi connectivity index (χ0n) is 19.4. The number of halogens is 2. The molecule has 0 saturated carbocycles. The quantitative estimate of drug-likeness (QED) is 0.673. The first-order valence-electron chi connectivity index (χ1n) is 12.1. The number of hydrogen-bond acceptors (Lipinski definition) is 6. The van der Waals surface area contributed by atoms with Crippen molar-refractivity contribution in [1.29, 1.82) is 0 Å². The lowest BCUT2D eigenvalue weighted by atomic mass is 9.96. The minimum absolute atomic E-state index is 0.0980. The van der Waals surface area contributed by atoms with Gasteiger partial charge < -0.3 is 19.9 Å². The summed E-state index contributed by atoms with van der Waals surface area (Å²) >= 11 is 6.09. The van der Waals surface area contributed by atoms with Crippen LogP contribution in [0, 0.1) is 0 Å². The van der Waals surface area contributed by atoms with Gasteiger partial charge in [-0.15, -0.1) is 0 Å². The van der Waals surface area contributed by atoms with Gasteiger partial charge in [0.15, 0.2) is 0 Å². The van der Waals surface area contributed by atoms with E-state index in [-0.39, 0.29) is 23.8 Å². The highest BCUT2D eigenvalue weighted by atomic mass is 35.5. The van der Waals surface area contributed by atoms with Gasteiger partial charge in [0.25, 0.3) is 0 Å². The minimum atomic E-state index is -1.02. The Hall–Kier alpha value is -2.29. The van der Waals surface area contributed by atoms with Gasteiger partial charge in [-0.25, -0.2) is 14.4 Å². The van der Waals surface area contributed by atoms with Crippen LogP contribution < -0.4 is 10.2 Å². The van der Waals surface area contributed by atoms with Gasteiger partial charge in [-0.05, 0) is 36.5 Å². The summed E-state index contributed by atoms with van der Waals surface area (Å²) in [5, 5.41) is 4.17. The Kier molecular flexibility index (Phi) is 6.99. The second-order valence-corrected chi connectivity index (χ2v) is 9.92. The van der Waals surface area contributed by atoms with Gasteiger partial charge in [0.2, 0.25) is 5.91 Å². The molecular weight excluding hydrogens is 457 g/mol. The van der Waals surface area contributed by atoms with E-state index < -0.39 is 6.17 Å². The van der Waals surface area contributed by atoms with Crippen molar-refractivity contribution in [2.24, 2.45) is 0 Å². The molecular formula is C25H31ClFN5O2. The number of nitrogens with one attached hydrogen (secondary N) is 1. The van der Waals surface area contributed by atoms with Crippen LogP contribution >= 0.6 is 11.6 Å². The van der Waals surface area contributed by atoms with E-state index in [1.807, 2.05) is 36.1 Å². The lowest BCUT2D eigenvalue weighted by Gasteiger charge is -2.38. The van der Waals surface area contributed by atoms with E-state index in [1.165, 1.54) is 6.33 Å². The number of alkyl halides is 1. The number of fused-ring (bicyclic) bond motifs is 1. The van der Waals surface area contributed by atoms with Crippen molar-refractivity contribution in [3.8, 4) is 0 Å². The van der Waals surface area contributed by atoms with Crippen molar-refractivity contribution in [3.63, 3.8) is 0 Å². The number of amides is 1. The molecule has 1 N–H and O–H groups in total. The fourth-order valence-electron chi connectivity index (χ4n) is 5.30. The zero-order valence-corrected chi connectivity index (χ0v) is 20.2. The maximum Gasteiger partial charge on any atom is 0.231 e. The second kappa shape index (κ2) is 10.1. The average molecular weight is 488 g/mol. The Morgan fingerprint density at radius 1 is 1.24 bits per heavy atom. The van der Waals surface area contributed by atoms with Crippen LogP contribution in [-0.2, 0) is 9.53 Å². The van der Waals surface area contributed by atoms with Crippen LogP contribution in [0.25, 0.3) is 0 Å². The molecule has 0 bridgehead atoms. The Bertz CT molecular complexity index is 1010. The Morgan fingerprint density at radius 3 is 2.71 bits per heavy atom. The third kappa shape index (κ3) is 4.76. The molecule has 9 heteroatoms. The monoisotopic (exact) mass is 487 g/mol. The molecule has 3 aliphatic rings. The van der Waals surface area contributed by atoms with Crippen LogP contribution in [0.3, 0.4) is 0 Å². The zero-order chi connectivity index (χ0) is 23.7. The van der Waals surface area contributed by atoms with Gasteiger partial charge in [0.05, 0.1) is 18.2 Å². The molecule has 2 aromatic rings. The summed E-state index contributed by atoms with van der Waals surface area (Å²) in [5.74, 6) is 0.737. The number of ether oxygens (including phenoxy) is 1. The van der Waals surface area contributed by atoms with Crippen molar-refractivity contribution < 1.29 is 13.9 Å². The van der Waals surface area contributed by atoms with Crippen LogP contribution in [0.2, 0.25) is 5.02 Å². The van der Waals surface area contributed by atoms with Crippen LogP contribution in [0.15, 0.2) is 30.6 Å². The fraction of sp³-hybridized carbons (Fsp3) is 0.560. The van der Waals surface area contributed by atoms with Crippen molar-refractivity contribution in [1.82, 2.24) is 20.2 Å². The number of nitrogens with zero attached hydrogens (tertiary/aromatic N) is 4. The normalized spacial score (nSPS) is 25.4. The molecule has 5 rings (SSSR count). The molecule has 0 radical (unpaired) electrons. The maximum absolute atomic E-state index is 14.4. The summed E-state index contributed by atoms with van der Waals surface area (Å²) in [6, 6.07) is 7.83. The highest BCUT2D eigenvalue weighted by molar-refractivity contribution is 6.30. The lowest BCUT2D eigenvalue weighted by Crippen LogP contribution is -2.51. The largest absolute Gasteiger partial charge is 0.380 e. The SMILES string of the molecule is C[C@@H]1C[C@H](F)c2ncnc(N3CCN(C(=O)C(CNC4CCOC4)c4ccc(Cl)cc4)CC3)c21. The first-order valence-corrected chi connectivity index (χ1v) is 12.5.